The number of carbonyl (C=O) groups excluding carboxylic acids is 1. The second-order valence-electron chi connectivity index (χ2n) is 10.1. The molecule has 1 aromatic rings. The number of carbonyl (C=O) groups is 1. The number of allylic oxidation sites excluding steroid dienone is 2. The summed E-state index contributed by atoms with van der Waals surface area (Å²) < 4.78 is 5.92. The maximum atomic E-state index is 13.1. The summed E-state index contributed by atoms with van der Waals surface area (Å²) in [6, 6.07) is 10.1. The standard InChI is InChI=1S/C27H44O2Si/c1-6-8-9-13-19-25-24(16-7-2)26(28)22-27(25,30(3,4)5)20-14-15-21-29-23-17-11-10-12-18-23/h10-12,17-18H,6-9,13-16,19-22H2,1-5H3. The van der Waals surface area contributed by atoms with Crippen LogP contribution in [0.5, 0.6) is 5.75 Å². The van der Waals surface area contributed by atoms with E-state index in [1.165, 1.54) is 31.3 Å². The predicted molar refractivity (Wildman–Crippen MR) is 132 cm³/mol. The Morgan fingerprint density at radius 1 is 0.900 bits per heavy atom. The Kier molecular flexibility index (Phi) is 9.87. The molecule has 3 heteroatoms. The molecule has 1 aromatic carbocycles. The fourth-order valence-corrected chi connectivity index (χ4v) is 7.97. The zero-order valence-electron chi connectivity index (χ0n) is 20.2. The molecule has 0 bridgehead atoms. The van der Waals surface area contributed by atoms with Gasteiger partial charge in [0, 0.05) is 6.42 Å². The molecule has 0 aromatic heterocycles. The lowest BCUT2D eigenvalue weighted by Gasteiger charge is -2.43. The van der Waals surface area contributed by atoms with Crippen LogP contribution in [-0.4, -0.2) is 20.5 Å². The summed E-state index contributed by atoms with van der Waals surface area (Å²) in [4.78, 5) is 13.1. The maximum Gasteiger partial charge on any atom is 0.159 e. The van der Waals surface area contributed by atoms with Gasteiger partial charge in [-0.1, -0.05) is 82.9 Å². The van der Waals surface area contributed by atoms with Crippen molar-refractivity contribution in [1.29, 1.82) is 0 Å². The molecule has 1 aliphatic rings. The highest BCUT2D eigenvalue weighted by atomic mass is 28.3. The molecular weight excluding hydrogens is 384 g/mol. The third kappa shape index (κ3) is 6.32. The molecule has 1 atom stereocenters. The largest absolute Gasteiger partial charge is 0.494 e. The van der Waals surface area contributed by atoms with Crippen LogP contribution in [0, 0.1) is 0 Å². The Morgan fingerprint density at radius 2 is 1.63 bits per heavy atom. The lowest BCUT2D eigenvalue weighted by atomic mass is 9.88. The molecule has 0 heterocycles. The van der Waals surface area contributed by atoms with Crippen molar-refractivity contribution in [3.05, 3.63) is 41.5 Å². The average molecular weight is 429 g/mol. The van der Waals surface area contributed by atoms with Crippen molar-refractivity contribution >= 4 is 13.9 Å². The monoisotopic (exact) mass is 428 g/mol. The molecule has 168 valence electrons. The van der Waals surface area contributed by atoms with Crippen LogP contribution in [-0.2, 0) is 4.79 Å². The van der Waals surface area contributed by atoms with Gasteiger partial charge in [-0.25, -0.2) is 0 Å². The van der Waals surface area contributed by atoms with E-state index in [2.05, 4.69) is 33.5 Å². The zero-order chi connectivity index (χ0) is 22.0. The third-order valence-electron chi connectivity index (χ3n) is 6.97. The lowest BCUT2D eigenvalue weighted by Crippen LogP contribution is -2.40. The first-order chi connectivity index (χ1) is 14.4. The summed E-state index contributed by atoms with van der Waals surface area (Å²) in [7, 11) is -1.56. The Bertz CT molecular complexity index is 687. The third-order valence-corrected chi connectivity index (χ3v) is 10.6. The number of benzene rings is 1. The highest BCUT2D eigenvalue weighted by molar-refractivity contribution is 6.80. The van der Waals surface area contributed by atoms with Gasteiger partial charge in [0.1, 0.15) is 5.75 Å². The molecule has 0 radical (unpaired) electrons. The number of rotatable bonds is 14. The molecule has 0 spiro atoms. The van der Waals surface area contributed by atoms with Crippen molar-refractivity contribution in [3.8, 4) is 5.75 Å². The van der Waals surface area contributed by atoms with Crippen LogP contribution < -0.4 is 4.74 Å². The van der Waals surface area contributed by atoms with Crippen LogP contribution in [0.25, 0.3) is 0 Å². The average Bonchev–Trinajstić information content (AvgIpc) is 2.98. The summed E-state index contributed by atoms with van der Waals surface area (Å²) in [5, 5.41) is 0.160. The number of hydrogen-bond donors (Lipinski definition) is 0. The molecule has 0 aliphatic heterocycles. The minimum Gasteiger partial charge on any atom is -0.494 e. The van der Waals surface area contributed by atoms with E-state index < -0.39 is 8.07 Å². The van der Waals surface area contributed by atoms with E-state index in [4.69, 9.17) is 4.74 Å². The van der Waals surface area contributed by atoms with Gasteiger partial charge in [0.05, 0.1) is 14.7 Å². The Labute approximate surface area is 186 Å². The number of para-hydroxylation sites is 1. The number of ether oxygens (including phenoxy) is 1. The van der Waals surface area contributed by atoms with E-state index in [1.54, 1.807) is 5.57 Å². The summed E-state index contributed by atoms with van der Waals surface area (Å²) in [5.74, 6) is 1.42. The second kappa shape index (κ2) is 11.9. The van der Waals surface area contributed by atoms with Gasteiger partial charge in [-0.15, -0.1) is 0 Å². The van der Waals surface area contributed by atoms with Crippen LogP contribution in [0.2, 0.25) is 24.7 Å². The second-order valence-corrected chi connectivity index (χ2v) is 15.5. The van der Waals surface area contributed by atoms with Gasteiger partial charge in [-0.05, 0) is 61.3 Å². The van der Waals surface area contributed by atoms with Gasteiger partial charge in [0.2, 0.25) is 0 Å². The van der Waals surface area contributed by atoms with Crippen LogP contribution in [0.1, 0.15) is 84.5 Å². The summed E-state index contributed by atoms with van der Waals surface area (Å²) in [5.41, 5.74) is 2.80. The number of unbranched alkanes of at least 4 members (excludes halogenated alkanes) is 4. The van der Waals surface area contributed by atoms with E-state index in [9.17, 15) is 4.79 Å². The van der Waals surface area contributed by atoms with Crippen LogP contribution in [0.4, 0.5) is 0 Å². The maximum absolute atomic E-state index is 13.1. The molecular formula is C27H44O2Si. The minimum absolute atomic E-state index is 0.160. The molecule has 2 nitrogen and oxygen atoms in total. The Hall–Kier alpha value is -1.35. The zero-order valence-corrected chi connectivity index (χ0v) is 21.2. The van der Waals surface area contributed by atoms with E-state index in [0.717, 1.165) is 57.3 Å². The molecule has 0 N–H and O–H groups in total. The van der Waals surface area contributed by atoms with E-state index in [0.29, 0.717) is 5.78 Å². The van der Waals surface area contributed by atoms with Gasteiger partial charge in [0.25, 0.3) is 0 Å². The number of ketones is 1. The Balaban J connectivity index is 2.10. The summed E-state index contributed by atoms with van der Waals surface area (Å²) in [6.07, 6.45) is 12.4. The van der Waals surface area contributed by atoms with E-state index in [-0.39, 0.29) is 5.04 Å². The highest BCUT2D eigenvalue weighted by Crippen LogP contribution is 2.59. The van der Waals surface area contributed by atoms with Gasteiger partial charge in [0.15, 0.2) is 5.78 Å². The smallest absolute Gasteiger partial charge is 0.159 e. The van der Waals surface area contributed by atoms with Crippen LogP contribution >= 0.6 is 0 Å². The molecule has 2 rings (SSSR count). The van der Waals surface area contributed by atoms with Crippen molar-refractivity contribution in [3.63, 3.8) is 0 Å². The van der Waals surface area contributed by atoms with Crippen molar-refractivity contribution in [1.82, 2.24) is 0 Å². The fraction of sp³-hybridized carbons (Fsp3) is 0.667. The number of Topliss-reactive ketones (excluding diaryl/α,β-unsaturated/α-hetero) is 1. The number of hydrogen-bond acceptors (Lipinski definition) is 2. The van der Waals surface area contributed by atoms with Crippen molar-refractivity contribution < 1.29 is 9.53 Å². The van der Waals surface area contributed by atoms with E-state index in [1.807, 2.05) is 30.3 Å². The van der Waals surface area contributed by atoms with Gasteiger partial charge in [-0.3, -0.25) is 4.79 Å². The first-order valence-electron chi connectivity index (χ1n) is 12.3. The first-order valence-corrected chi connectivity index (χ1v) is 15.8. The summed E-state index contributed by atoms with van der Waals surface area (Å²) >= 11 is 0. The van der Waals surface area contributed by atoms with Crippen LogP contribution in [0.3, 0.4) is 0 Å². The highest BCUT2D eigenvalue weighted by Gasteiger charge is 2.51. The Morgan fingerprint density at radius 3 is 2.27 bits per heavy atom. The predicted octanol–water partition coefficient (Wildman–Crippen LogP) is 8.35. The fourth-order valence-electron chi connectivity index (χ4n) is 5.17. The molecule has 0 amide bonds. The lowest BCUT2D eigenvalue weighted by molar-refractivity contribution is -0.115. The van der Waals surface area contributed by atoms with Gasteiger partial charge in [-0.2, -0.15) is 0 Å². The van der Waals surface area contributed by atoms with Crippen molar-refractivity contribution in [2.45, 2.75) is 109 Å². The summed E-state index contributed by atoms with van der Waals surface area (Å²) in [6.45, 7) is 12.7. The molecule has 1 aliphatic carbocycles. The topological polar surface area (TPSA) is 26.3 Å². The quantitative estimate of drug-likeness (QED) is 0.220. The van der Waals surface area contributed by atoms with Crippen molar-refractivity contribution in [2.75, 3.05) is 6.61 Å². The minimum atomic E-state index is -1.56. The van der Waals surface area contributed by atoms with E-state index >= 15 is 0 Å². The SMILES string of the molecule is CCCCCCC1=C(CCC)C(=O)CC1(CCCCOc1ccccc1)[Si](C)(C)C. The molecule has 1 unspecified atom stereocenters. The molecule has 30 heavy (non-hydrogen) atoms. The molecule has 0 saturated heterocycles. The normalized spacial score (nSPS) is 19.6. The first kappa shape index (κ1) is 24.9. The van der Waals surface area contributed by atoms with Crippen molar-refractivity contribution in [2.24, 2.45) is 0 Å². The molecule has 0 saturated carbocycles. The molecule has 0 fully saturated rings. The van der Waals surface area contributed by atoms with Gasteiger partial charge >= 0.3 is 0 Å². The van der Waals surface area contributed by atoms with Gasteiger partial charge < -0.3 is 4.74 Å². The van der Waals surface area contributed by atoms with Crippen LogP contribution in [0.15, 0.2) is 41.5 Å².